The summed E-state index contributed by atoms with van der Waals surface area (Å²) in [7, 11) is 0.604. The molecule has 0 saturated heterocycles. The van der Waals surface area contributed by atoms with Crippen LogP contribution >= 0.6 is 0 Å². The Morgan fingerprint density at radius 3 is 1.85 bits per heavy atom. The van der Waals surface area contributed by atoms with Crippen molar-refractivity contribution >= 4 is 15.5 Å². The Morgan fingerprint density at radius 1 is 0.731 bits per heavy atom. The molecule has 134 valence electrons. The van der Waals surface area contributed by atoms with E-state index in [1.807, 2.05) is 86.6 Å². The predicted molar refractivity (Wildman–Crippen MR) is 109 cm³/mol. The summed E-state index contributed by atoms with van der Waals surface area (Å²) in [5.74, 6) is 0. The maximum absolute atomic E-state index is 12.5. The van der Waals surface area contributed by atoms with Crippen LogP contribution in [-0.4, -0.2) is 28.8 Å². The van der Waals surface area contributed by atoms with E-state index in [2.05, 4.69) is 0 Å². The summed E-state index contributed by atoms with van der Waals surface area (Å²) in [6.45, 7) is 2.02. The van der Waals surface area contributed by atoms with Gasteiger partial charge in [0.1, 0.15) is 0 Å². The van der Waals surface area contributed by atoms with Crippen LogP contribution in [0.1, 0.15) is 5.56 Å². The zero-order valence-corrected chi connectivity index (χ0v) is 16.3. The molecule has 0 amide bonds. The normalized spacial score (nSPS) is 11.4. The van der Waals surface area contributed by atoms with Gasteiger partial charge < -0.3 is 4.90 Å². The molecule has 3 aromatic carbocycles. The fourth-order valence-corrected chi connectivity index (χ4v) is 4.09. The molecule has 0 heterocycles. The van der Waals surface area contributed by atoms with E-state index in [-0.39, 0.29) is 0 Å². The van der Waals surface area contributed by atoms with Gasteiger partial charge in [-0.25, -0.2) is 8.42 Å². The molecular formula is C22H23NO2S. The summed E-state index contributed by atoms with van der Waals surface area (Å²) in [4.78, 5) is 2.38. The van der Waals surface area contributed by atoms with E-state index in [1.54, 1.807) is 6.07 Å². The summed E-state index contributed by atoms with van der Waals surface area (Å²) < 4.78 is 25.0. The number of anilines is 1. The molecule has 3 nitrogen and oxygen atoms in total. The van der Waals surface area contributed by atoms with Gasteiger partial charge in [0.2, 0.25) is 0 Å². The number of benzene rings is 3. The van der Waals surface area contributed by atoms with Crippen LogP contribution < -0.4 is 4.90 Å². The average molecular weight is 365 g/mol. The minimum Gasteiger partial charge on any atom is -0.378 e. The molecule has 0 fully saturated rings. The van der Waals surface area contributed by atoms with Crippen molar-refractivity contribution in [3.8, 4) is 22.3 Å². The number of hydrogen-bond donors (Lipinski definition) is 0. The largest absolute Gasteiger partial charge is 0.378 e. The Kier molecular flexibility index (Phi) is 4.88. The molecule has 4 heteroatoms. The van der Waals surface area contributed by atoms with E-state index in [1.165, 1.54) is 6.26 Å². The van der Waals surface area contributed by atoms with E-state index in [4.69, 9.17) is 0 Å². The maximum Gasteiger partial charge on any atom is 0.176 e. The molecule has 0 radical (unpaired) electrons. The summed E-state index contributed by atoms with van der Waals surface area (Å²) >= 11 is 0. The lowest BCUT2D eigenvalue weighted by molar-refractivity contribution is 0.602. The first-order chi connectivity index (χ1) is 12.3. The van der Waals surface area contributed by atoms with E-state index < -0.39 is 9.84 Å². The van der Waals surface area contributed by atoms with Gasteiger partial charge in [0.05, 0.1) is 4.90 Å². The smallest absolute Gasteiger partial charge is 0.176 e. The zero-order valence-electron chi connectivity index (χ0n) is 15.5. The van der Waals surface area contributed by atoms with Crippen molar-refractivity contribution in [2.24, 2.45) is 0 Å². The Balaban J connectivity index is 2.35. The number of aryl methyl sites for hydroxylation is 1. The van der Waals surface area contributed by atoms with Crippen molar-refractivity contribution in [3.05, 3.63) is 72.3 Å². The van der Waals surface area contributed by atoms with Crippen molar-refractivity contribution in [2.45, 2.75) is 11.8 Å². The molecule has 0 aliphatic rings. The Hall–Kier alpha value is -2.59. The number of sulfone groups is 1. The molecule has 0 saturated carbocycles. The van der Waals surface area contributed by atoms with Crippen LogP contribution in [0, 0.1) is 6.92 Å². The van der Waals surface area contributed by atoms with Crippen LogP contribution in [0.5, 0.6) is 0 Å². The third kappa shape index (κ3) is 3.51. The monoisotopic (exact) mass is 365 g/mol. The van der Waals surface area contributed by atoms with E-state index >= 15 is 0 Å². The molecule has 0 aromatic heterocycles. The highest BCUT2D eigenvalue weighted by Gasteiger charge is 2.20. The lowest BCUT2D eigenvalue weighted by atomic mass is 9.91. The van der Waals surface area contributed by atoms with Gasteiger partial charge in [0.25, 0.3) is 0 Å². The van der Waals surface area contributed by atoms with E-state index in [9.17, 15) is 8.42 Å². The highest BCUT2D eigenvalue weighted by Crippen LogP contribution is 2.39. The van der Waals surface area contributed by atoms with Crippen molar-refractivity contribution in [3.63, 3.8) is 0 Å². The fourth-order valence-electron chi connectivity index (χ4n) is 3.19. The first-order valence-electron chi connectivity index (χ1n) is 8.46. The first kappa shape index (κ1) is 18.2. The van der Waals surface area contributed by atoms with Gasteiger partial charge in [-0.05, 0) is 47.4 Å². The van der Waals surface area contributed by atoms with Gasteiger partial charge in [-0.1, -0.05) is 48.5 Å². The molecule has 0 atom stereocenters. The van der Waals surface area contributed by atoms with Gasteiger partial charge in [0, 0.05) is 31.6 Å². The summed E-state index contributed by atoms with van der Waals surface area (Å²) in [5.41, 5.74) is 5.77. The van der Waals surface area contributed by atoms with E-state index in [0.717, 1.165) is 33.5 Å². The standard InChI is InChI=1S/C22H23NO2S/c1-16-10-15-20(26(4,24)25)22(21(16)17-8-6-5-7-9-17)18-11-13-19(14-12-18)23(2)3/h5-15H,1-4H3. The summed E-state index contributed by atoms with van der Waals surface area (Å²) in [6.07, 6.45) is 1.27. The summed E-state index contributed by atoms with van der Waals surface area (Å²) in [5, 5.41) is 0. The number of rotatable bonds is 4. The van der Waals surface area contributed by atoms with Crippen molar-refractivity contribution in [1.29, 1.82) is 0 Å². The van der Waals surface area contributed by atoms with Crippen molar-refractivity contribution in [2.75, 3.05) is 25.3 Å². The first-order valence-corrected chi connectivity index (χ1v) is 10.3. The van der Waals surface area contributed by atoms with Crippen LogP contribution in [0.3, 0.4) is 0 Å². The van der Waals surface area contributed by atoms with Crippen molar-refractivity contribution < 1.29 is 8.42 Å². The van der Waals surface area contributed by atoms with Crippen LogP contribution in [0.2, 0.25) is 0 Å². The minimum absolute atomic E-state index is 0.361. The SMILES string of the molecule is Cc1ccc(S(C)(=O)=O)c(-c2ccc(N(C)C)cc2)c1-c1ccccc1. The third-order valence-electron chi connectivity index (χ3n) is 4.51. The minimum atomic E-state index is -3.37. The van der Waals surface area contributed by atoms with Crippen LogP contribution in [-0.2, 0) is 9.84 Å². The second kappa shape index (κ2) is 6.96. The zero-order chi connectivity index (χ0) is 18.9. The molecular weight excluding hydrogens is 342 g/mol. The molecule has 0 unspecified atom stereocenters. The van der Waals surface area contributed by atoms with Gasteiger partial charge in [0.15, 0.2) is 9.84 Å². The number of nitrogens with zero attached hydrogens (tertiary/aromatic N) is 1. The highest BCUT2D eigenvalue weighted by atomic mass is 32.2. The molecule has 0 N–H and O–H groups in total. The second-order valence-electron chi connectivity index (χ2n) is 6.71. The van der Waals surface area contributed by atoms with Gasteiger partial charge in [-0.15, -0.1) is 0 Å². The molecule has 3 aromatic rings. The highest BCUT2D eigenvalue weighted by molar-refractivity contribution is 7.90. The average Bonchev–Trinajstić information content (AvgIpc) is 2.61. The second-order valence-corrected chi connectivity index (χ2v) is 8.69. The number of hydrogen-bond acceptors (Lipinski definition) is 3. The van der Waals surface area contributed by atoms with Gasteiger partial charge in [-0.2, -0.15) is 0 Å². The lowest BCUT2D eigenvalue weighted by Crippen LogP contribution is -2.08. The summed E-state index contributed by atoms with van der Waals surface area (Å²) in [6, 6.07) is 21.6. The molecule has 0 bridgehead atoms. The van der Waals surface area contributed by atoms with E-state index in [0.29, 0.717) is 4.90 Å². The fraction of sp³-hybridized carbons (Fsp3) is 0.182. The maximum atomic E-state index is 12.5. The molecule has 0 aliphatic heterocycles. The molecule has 3 rings (SSSR count). The van der Waals surface area contributed by atoms with Gasteiger partial charge >= 0.3 is 0 Å². The van der Waals surface area contributed by atoms with Gasteiger partial charge in [-0.3, -0.25) is 0 Å². The van der Waals surface area contributed by atoms with Crippen LogP contribution in [0.4, 0.5) is 5.69 Å². The third-order valence-corrected chi connectivity index (χ3v) is 5.65. The van der Waals surface area contributed by atoms with Crippen LogP contribution in [0.25, 0.3) is 22.3 Å². The lowest BCUT2D eigenvalue weighted by Gasteiger charge is -2.19. The molecule has 0 aliphatic carbocycles. The molecule has 26 heavy (non-hydrogen) atoms. The Morgan fingerprint density at radius 2 is 1.31 bits per heavy atom. The Labute approximate surface area is 155 Å². The van der Waals surface area contributed by atoms with Crippen LogP contribution in [0.15, 0.2) is 71.6 Å². The van der Waals surface area contributed by atoms with Crippen molar-refractivity contribution in [1.82, 2.24) is 0 Å². The quantitative estimate of drug-likeness (QED) is 0.666. The Bertz CT molecular complexity index is 1020. The molecule has 0 spiro atoms. The predicted octanol–water partition coefficient (Wildman–Crippen LogP) is 4.80. The topological polar surface area (TPSA) is 37.4 Å².